The summed E-state index contributed by atoms with van der Waals surface area (Å²) in [6.45, 7) is 2.76. The van der Waals surface area contributed by atoms with E-state index < -0.39 is 0 Å². The van der Waals surface area contributed by atoms with Gasteiger partial charge in [-0.05, 0) is 24.8 Å². The first-order valence-electron chi connectivity index (χ1n) is 6.03. The van der Waals surface area contributed by atoms with Crippen molar-refractivity contribution in [2.75, 3.05) is 26.8 Å². The van der Waals surface area contributed by atoms with Gasteiger partial charge in [0, 0.05) is 32.6 Å². The van der Waals surface area contributed by atoms with E-state index in [9.17, 15) is 4.79 Å². The zero-order valence-corrected chi connectivity index (χ0v) is 10.2. The van der Waals surface area contributed by atoms with Gasteiger partial charge in [0.1, 0.15) is 6.54 Å². The second-order valence-corrected chi connectivity index (χ2v) is 4.51. The first kappa shape index (κ1) is 12.1. The van der Waals surface area contributed by atoms with Crippen LogP contribution in [-0.2, 0) is 16.1 Å². The summed E-state index contributed by atoms with van der Waals surface area (Å²) < 4.78 is 6.83. The van der Waals surface area contributed by atoms with Gasteiger partial charge in [-0.3, -0.25) is 9.48 Å². The molecule has 1 unspecified atom stereocenters. The normalized spacial score (nSPS) is 20.5. The molecule has 0 spiro atoms. The third-order valence-corrected chi connectivity index (χ3v) is 3.13. The van der Waals surface area contributed by atoms with E-state index in [-0.39, 0.29) is 5.91 Å². The van der Waals surface area contributed by atoms with Crippen molar-refractivity contribution in [2.24, 2.45) is 5.92 Å². The first-order chi connectivity index (χ1) is 8.29. The summed E-state index contributed by atoms with van der Waals surface area (Å²) in [5.74, 6) is 0.629. The Labute approximate surface area is 101 Å². The number of likely N-dealkylation sites (tertiary alicyclic amines) is 1. The molecule has 0 saturated carbocycles. The molecule has 17 heavy (non-hydrogen) atoms. The molecule has 2 heterocycles. The average molecular weight is 237 g/mol. The minimum atomic E-state index is 0.148. The Balaban J connectivity index is 1.86. The third-order valence-electron chi connectivity index (χ3n) is 3.13. The van der Waals surface area contributed by atoms with E-state index in [1.807, 2.05) is 17.2 Å². The van der Waals surface area contributed by atoms with E-state index in [4.69, 9.17) is 4.74 Å². The van der Waals surface area contributed by atoms with E-state index in [1.165, 1.54) is 0 Å². The Hall–Kier alpha value is -1.36. The average Bonchev–Trinajstić information content (AvgIpc) is 2.83. The summed E-state index contributed by atoms with van der Waals surface area (Å²) in [5.41, 5.74) is 0. The number of hydrogen-bond donors (Lipinski definition) is 0. The Morgan fingerprint density at radius 1 is 1.59 bits per heavy atom. The lowest BCUT2D eigenvalue weighted by Crippen LogP contribution is -2.42. The maximum absolute atomic E-state index is 12.0. The molecule has 1 aromatic rings. The number of rotatable bonds is 4. The summed E-state index contributed by atoms with van der Waals surface area (Å²) in [6, 6.07) is 1.83. The van der Waals surface area contributed by atoms with E-state index >= 15 is 0 Å². The molecule has 5 nitrogen and oxygen atoms in total. The number of hydrogen-bond acceptors (Lipinski definition) is 3. The zero-order chi connectivity index (χ0) is 12.1. The van der Waals surface area contributed by atoms with Gasteiger partial charge < -0.3 is 9.64 Å². The van der Waals surface area contributed by atoms with Crippen LogP contribution < -0.4 is 0 Å². The standard InChI is InChI=1S/C12H19N3O2/c1-17-10-11-4-2-6-14(8-11)12(16)9-15-7-3-5-13-15/h3,5,7,11H,2,4,6,8-10H2,1H3. The quantitative estimate of drug-likeness (QED) is 0.777. The van der Waals surface area contributed by atoms with Crippen molar-refractivity contribution in [3.05, 3.63) is 18.5 Å². The molecular weight excluding hydrogens is 218 g/mol. The highest BCUT2D eigenvalue weighted by Crippen LogP contribution is 2.16. The van der Waals surface area contributed by atoms with E-state index in [0.29, 0.717) is 12.5 Å². The number of piperidine rings is 1. The van der Waals surface area contributed by atoms with Gasteiger partial charge in [0.2, 0.25) is 5.91 Å². The molecule has 1 amide bonds. The highest BCUT2D eigenvalue weighted by molar-refractivity contribution is 5.76. The number of carbonyl (C=O) groups excluding carboxylic acids is 1. The van der Waals surface area contributed by atoms with Gasteiger partial charge in [-0.2, -0.15) is 5.10 Å². The Morgan fingerprint density at radius 3 is 3.18 bits per heavy atom. The van der Waals surface area contributed by atoms with E-state index in [0.717, 1.165) is 32.5 Å². The summed E-state index contributed by atoms with van der Waals surface area (Å²) >= 11 is 0. The van der Waals surface area contributed by atoms with Crippen LogP contribution in [0.3, 0.4) is 0 Å². The fourth-order valence-corrected chi connectivity index (χ4v) is 2.30. The molecule has 1 aliphatic heterocycles. The maximum atomic E-state index is 12.0. The number of methoxy groups -OCH3 is 1. The second kappa shape index (κ2) is 5.82. The number of aromatic nitrogens is 2. The lowest BCUT2D eigenvalue weighted by Gasteiger charge is -2.32. The summed E-state index contributed by atoms with van der Waals surface area (Å²) in [7, 11) is 1.71. The molecule has 5 heteroatoms. The molecule has 2 rings (SSSR count). The van der Waals surface area contributed by atoms with Crippen LogP contribution in [0.2, 0.25) is 0 Å². The Bertz CT molecular complexity index is 349. The lowest BCUT2D eigenvalue weighted by atomic mass is 9.99. The van der Waals surface area contributed by atoms with Gasteiger partial charge in [0.15, 0.2) is 0 Å². The number of carbonyl (C=O) groups is 1. The zero-order valence-electron chi connectivity index (χ0n) is 10.2. The topological polar surface area (TPSA) is 47.4 Å². The van der Waals surface area contributed by atoms with Crippen LogP contribution in [0.25, 0.3) is 0 Å². The molecule has 94 valence electrons. The maximum Gasteiger partial charge on any atom is 0.244 e. The predicted octanol–water partition coefficient (Wildman–Crippen LogP) is 0.768. The van der Waals surface area contributed by atoms with Gasteiger partial charge >= 0.3 is 0 Å². The molecule has 1 aromatic heterocycles. The van der Waals surface area contributed by atoms with Crippen molar-refractivity contribution in [3.8, 4) is 0 Å². The minimum absolute atomic E-state index is 0.148. The lowest BCUT2D eigenvalue weighted by molar-refractivity contribution is -0.134. The number of ether oxygens (including phenoxy) is 1. The summed E-state index contributed by atoms with van der Waals surface area (Å²) in [4.78, 5) is 14.0. The predicted molar refractivity (Wildman–Crippen MR) is 63.4 cm³/mol. The molecule has 1 saturated heterocycles. The number of nitrogens with zero attached hydrogens (tertiary/aromatic N) is 3. The van der Waals surface area contributed by atoms with Crippen molar-refractivity contribution < 1.29 is 9.53 Å². The van der Waals surface area contributed by atoms with Crippen molar-refractivity contribution in [1.29, 1.82) is 0 Å². The van der Waals surface area contributed by atoms with Gasteiger partial charge in [-0.25, -0.2) is 0 Å². The van der Waals surface area contributed by atoms with Crippen molar-refractivity contribution in [1.82, 2.24) is 14.7 Å². The molecule has 0 aromatic carbocycles. The van der Waals surface area contributed by atoms with Crippen LogP contribution >= 0.6 is 0 Å². The van der Waals surface area contributed by atoms with Gasteiger partial charge in [-0.1, -0.05) is 0 Å². The Morgan fingerprint density at radius 2 is 2.47 bits per heavy atom. The van der Waals surface area contributed by atoms with E-state index in [2.05, 4.69) is 5.10 Å². The molecule has 0 aliphatic carbocycles. The second-order valence-electron chi connectivity index (χ2n) is 4.51. The van der Waals surface area contributed by atoms with Crippen molar-refractivity contribution in [2.45, 2.75) is 19.4 Å². The van der Waals surface area contributed by atoms with Crippen LogP contribution in [-0.4, -0.2) is 47.4 Å². The van der Waals surface area contributed by atoms with Gasteiger partial charge in [0.05, 0.1) is 6.61 Å². The fraction of sp³-hybridized carbons (Fsp3) is 0.667. The van der Waals surface area contributed by atoms with Crippen LogP contribution in [0.1, 0.15) is 12.8 Å². The van der Waals surface area contributed by atoms with Crippen molar-refractivity contribution in [3.63, 3.8) is 0 Å². The van der Waals surface area contributed by atoms with Crippen LogP contribution in [0.15, 0.2) is 18.5 Å². The summed E-state index contributed by atoms with van der Waals surface area (Å²) in [6.07, 6.45) is 5.73. The minimum Gasteiger partial charge on any atom is -0.384 e. The largest absolute Gasteiger partial charge is 0.384 e. The molecule has 1 aliphatic rings. The summed E-state index contributed by atoms with van der Waals surface area (Å²) in [5, 5.41) is 4.05. The van der Waals surface area contributed by atoms with Gasteiger partial charge in [-0.15, -0.1) is 0 Å². The van der Waals surface area contributed by atoms with E-state index in [1.54, 1.807) is 18.0 Å². The molecule has 0 N–H and O–H groups in total. The fourth-order valence-electron chi connectivity index (χ4n) is 2.30. The first-order valence-corrected chi connectivity index (χ1v) is 6.03. The monoisotopic (exact) mass is 237 g/mol. The molecule has 1 fully saturated rings. The van der Waals surface area contributed by atoms with Crippen LogP contribution in [0.4, 0.5) is 0 Å². The van der Waals surface area contributed by atoms with Crippen molar-refractivity contribution >= 4 is 5.91 Å². The molecular formula is C12H19N3O2. The van der Waals surface area contributed by atoms with Crippen LogP contribution in [0.5, 0.6) is 0 Å². The molecule has 0 bridgehead atoms. The highest BCUT2D eigenvalue weighted by Gasteiger charge is 2.23. The number of amides is 1. The highest BCUT2D eigenvalue weighted by atomic mass is 16.5. The molecule has 1 atom stereocenters. The third kappa shape index (κ3) is 3.30. The SMILES string of the molecule is COCC1CCCN(C(=O)Cn2cccn2)C1. The molecule has 0 radical (unpaired) electrons. The van der Waals surface area contributed by atoms with Gasteiger partial charge in [0.25, 0.3) is 0 Å². The van der Waals surface area contributed by atoms with Crippen LogP contribution in [0, 0.1) is 5.92 Å². The Kier molecular flexibility index (Phi) is 4.14. The smallest absolute Gasteiger partial charge is 0.244 e.